The minimum Gasteiger partial charge on any atom is -0.342 e. The Kier molecular flexibility index (Phi) is 11.3. The van der Waals surface area contributed by atoms with Gasteiger partial charge in [0.25, 0.3) is 5.69 Å². The van der Waals surface area contributed by atoms with Gasteiger partial charge in [0.1, 0.15) is 24.2 Å². The van der Waals surface area contributed by atoms with Crippen LogP contribution in [0.2, 0.25) is 0 Å². The second kappa shape index (κ2) is 16.0. The number of hydrogen-bond donors (Lipinski definition) is 3. The molecule has 0 bridgehead atoms. The molecule has 3 aromatic rings. The van der Waals surface area contributed by atoms with Crippen molar-refractivity contribution in [2.75, 3.05) is 11.9 Å². The van der Waals surface area contributed by atoms with Crippen molar-refractivity contribution in [2.24, 2.45) is 0 Å². The largest absolute Gasteiger partial charge is 0.342 e. The number of carbonyl (C=O) groups excluding carboxylic acids is 6. The summed E-state index contributed by atoms with van der Waals surface area (Å²) in [5.41, 5.74) is 1.68. The van der Waals surface area contributed by atoms with E-state index in [2.05, 4.69) is 16.0 Å². The normalized spacial score (nSPS) is 17.5. The van der Waals surface area contributed by atoms with Crippen molar-refractivity contribution < 1.29 is 33.7 Å². The van der Waals surface area contributed by atoms with Gasteiger partial charge in [-0.05, 0) is 43.0 Å². The molecule has 2 saturated heterocycles. The summed E-state index contributed by atoms with van der Waals surface area (Å²) in [6.45, 7) is 1.66. The molecule has 14 nitrogen and oxygen atoms in total. The Bertz CT molecular complexity index is 1740. The Morgan fingerprint density at radius 2 is 1.36 bits per heavy atom. The predicted molar refractivity (Wildman–Crippen MR) is 181 cm³/mol. The Morgan fingerprint density at radius 3 is 1.92 bits per heavy atom. The Morgan fingerprint density at radius 1 is 0.800 bits per heavy atom. The second-order valence-electron chi connectivity index (χ2n) is 12.3. The first-order valence-electron chi connectivity index (χ1n) is 16.4. The molecule has 0 unspecified atom stereocenters. The molecule has 0 saturated carbocycles. The number of likely N-dealkylation sites (tertiary alicyclic amines) is 2. The lowest BCUT2D eigenvalue weighted by Crippen LogP contribution is -2.58. The first-order chi connectivity index (χ1) is 24.0. The maximum atomic E-state index is 14.2. The van der Waals surface area contributed by atoms with E-state index in [9.17, 15) is 38.9 Å². The highest BCUT2D eigenvalue weighted by molar-refractivity contribution is 6.06. The molecular formula is C36H38N6O8. The zero-order valence-corrected chi connectivity index (χ0v) is 27.4. The van der Waals surface area contributed by atoms with Gasteiger partial charge in [-0.15, -0.1) is 0 Å². The summed E-state index contributed by atoms with van der Waals surface area (Å²) in [6, 6.07) is 19.1. The van der Waals surface area contributed by atoms with Gasteiger partial charge in [0.05, 0.1) is 4.92 Å². The molecule has 3 aromatic carbocycles. The molecule has 0 aromatic heterocycles. The quantitative estimate of drug-likeness (QED) is 0.139. The third-order valence-corrected chi connectivity index (χ3v) is 8.85. The molecule has 2 aliphatic heterocycles. The van der Waals surface area contributed by atoms with Gasteiger partial charge in [-0.2, -0.15) is 0 Å². The van der Waals surface area contributed by atoms with Crippen LogP contribution >= 0.6 is 0 Å². The van der Waals surface area contributed by atoms with Gasteiger partial charge in [0.2, 0.25) is 35.4 Å². The number of carbonyl (C=O) groups is 6. The zero-order chi connectivity index (χ0) is 35.8. The molecule has 0 aliphatic carbocycles. The van der Waals surface area contributed by atoms with Crippen molar-refractivity contribution >= 4 is 46.8 Å². The number of nitrogens with one attached hydrogen (secondary N) is 3. The Labute approximate surface area is 288 Å². The number of hydrogen-bond acceptors (Lipinski definition) is 8. The van der Waals surface area contributed by atoms with E-state index >= 15 is 0 Å². The van der Waals surface area contributed by atoms with Crippen molar-refractivity contribution in [1.82, 2.24) is 20.4 Å². The minimum atomic E-state index is -1.13. The van der Waals surface area contributed by atoms with Gasteiger partial charge in [-0.25, -0.2) is 0 Å². The van der Waals surface area contributed by atoms with E-state index in [1.165, 1.54) is 36.1 Å². The highest BCUT2D eigenvalue weighted by atomic mass is 16.6. The van der Waals surface area contributed by atoms with Gasteiger partial charge < -0.3 is 20.9 Å². The van der Waals surface area contributed by atoms with Gasteiger partial charge in [-0.1, -0.05) is 60.7 Å². The van der Waals surface area contributed by atoms with E-state index in [0.29, 0.717) is 18.5 Å². The van der Waals surface area contributed by atoms with Crippen LogP contribution in [-0.2, 0) is 41.6 Å². The second-order valence-corrected chi connectivity index (χ2v) is 12.3. The molecule has 6 amide bonds. The number of nitro groups is 1. The lowest BCUT2D eigenvalue weighted by atomic mass is 10.0. The third-order valence-electron chi connectivity index (χ3n) is 8.85. The van der Waals surface area contributed by atoms with Crippen LogP contribution < -0.4 is 16.0 Å². The fourth-order valence-corrected chi connectivity index (χ4v) is 6.21. The summed E-state index contributed by atoms with van der Waals surface area (Å²) in [4.78, 5) is 92.3. The summed E-state index contributed by atoms with van der Waals surface area (Å²) in [5.74, 6) is -3.21. The molecule has 2 aliphatic rings. The van der Waals surface area contributed by atoms with Crippen LogP contribution in [0.25, 0.3) is 0 Å². The molecule has 260 valence electrons. The summed E-state index contributed by atoms with van der Waals surface area (Å²) < 4.78 is 0. The summed E-state index contributed by atoms with van der Waals surface area (Å²) in [5, 5.41) is 19.3. The first-order valence-corrected chi connectivity index (χ1v) is 16.4. The number of imide groups is 1. The molecule has 50 heavy (non-hydrogen) atoms. The summed E-state index contributed by atoms with van der Waals surface area (Å²) in [6.07, 6.45) is 1.08. The SMILES string of the molecule is C[C@@H](C(=O)N[C@@H](Cc1ccccc1)C(=O)N1CCC[C@H]1C(=O)N[C@@H](Cc1ccccc1)C(=O)Nc1ccc([N+](=O)[O-])cc1)N1C(=O)CCC1=O. The molecule has 5 rings (SSSR count). The van der Waals surface area contributed by atoms with Crippen LogP contribution in [0.1, 0.15) is 43.7 Å². The third kappa shape index (κ3) is 8.56. The lowest BCUT2D eigenvalue weighted by Gasteiger charge is -2.31. The average molecular weight is 683 g/mol. The average Bonchev–Trinajstić information content (AvgIpc) is 3.74. The monoisotopic (exact) mass is 682 g/mol. The number of amides is 6. The Balaban J connectivity index is 1.33. The fraction of sp³-hybridized carbons (Fsp3) is 0.333. The predicted octanol–water partition coefficient (Wildman–Crippen LogP) is 2.52. The molecule has 3 N–H and O–H groups in total. The van der Waals surface area contributed by atoms with Crippen molar-refractivity contribution in [3.05, 3.63) is 106 Å². The van der Waals surface area contributed by atoms with E-state index in [4.69, 9.17) is 0 Å². The molecule has 0 radical (unpaired) electrons. The van der Waals surface area contributed by atoms with E-state index < -0.39 is 64.5 Å². The number of anilines is 1. The zero-order valence-electron chi connectivity index (χ0n) is 27.4. The Hall–Kier alpha value is -5.92. The molecule has 2 heterocycles. The number of nitro benzene ring substituents is 1. The van der Waals surface area contributed by atoms with E-state index in [0.717, 1.165) is 16.0 Å². The number of rotatable bonds is 13. The van der Waals surface area contributed by atoms with Crippen LogP contribution in [0.5, 0.6) is 0 Å². The maximum absolute atomic E-state index is 14.2. The van der Waals surface area contributed by atoms with Crippen LogP contribution in [0.3, 0.4) is 0 Å². The van der Waals surface area contributed by atoms with E-state index in [-0.39, 0.29) is 37.9 Å². The standard InChI is InChI=1S/C36H38N6O8/c1-23(41-31(43)18-19-32(41)44)33(45)39-29(22-25-11-6-3-7-12-25)36(48)40-20-8-13-30(40)35(47)38-28(21-24-9-4-2-5-10-24)34(46)37-26-14-16-27(17-15-26)42(49)50/h2-7,9-12,14-17,23,28-30H,8,13,18-22H2,1H3,(H,37,46)(H,38,47)(H,39,45)/t23-,28-,29-,30-/m0/s1. The van der Waals surface area contributed by atoms with Crippen molar-refractivity contribution in [3.63, 3.8) is 0 Å². The summed E-state index contributed by atoms with van der Waals surface area (Å²) in [7, 11) is 0. The van der Waals surface area contributed by atoms with E-state index in [1.807, 2.05) is 24.3 Å². The van der Waals surface area contributed by atoms with Crippen LogP contribution in [-0.4, -0.2) is 80.9 Å². The molecule has 4 atom stereocenters. The minimum absolute atomic E-state index is 0.0184. The highest BCUT2D eigenvalue weighted by Crippen LogP contribution is 2.22. The van der Waals surface area contributed by atoms with Crippen molar-refractivity contribution in [1.29, 1.82) is 0 Å². The van der Waals surface area contributed by atoms with Gasteiger partial charge in [-0.3, -0.25) is 43.8 Å². The van der Waals surface area contributed by atoms with Gasteiger partial charge in [0.15, 0.2) is 0 Å². The molecule has 14 heteroatoms. The molecule has 0 spiro atoms. The van der Waals surface area contributed by atoms with Gasteiger partial charge in [0, 0.05) is 50.0 Å². The topological polar surface area (TPSA) is 188 Å². The molecule has 2 fully saturated rings. The first kappa shape index (κ1) is 35.4. The van der Waals surface area contributed by atoms with E-state index in [1.54, 1.807) is 36.4 Å². The van der Waals surface area contributed by atoms with Crippen LogP contribution in [0.4, 0.5) is 11.4 Å². The van der Waals surface area contributed by atoms with Crippen LogP contribution in [0.15, 0.2) is 84.9 Å². The smallest absolute Gasteiger partial charge is 0.269 e. The summed E-state index contributed by atoms with van der Waals surface area (Å²) >= 11 is 0. The molecular weight excluding hydrogens is 644 g/mol. The maximum Gasteiger partial charge on any atom is 0.269 e. The number of nitrogens with zero attached hydrogens (tertiary/aromatic N) is 3. The highest BCUT2D eigenvalue weighted by Gasteiger charge is 2.41. The number of non-ortho nitro benzene ring substituents is 1. The van der Waals surface area contributed by atoms with Crippen LogP contribution in [0, 0.1) is 10.1 Å². The fourth-order valence-electron chi connectivity index (χ4n) is 6.21. The van der Waals surface area contributed by atoms with Crippen molar-refractivity contribution in [3.8, 4) is 0 Å². The lowest BCUT2D eigenvalue weighted by molar-refractivity contribution is -0.384. The number of benzene rings is 3. The van der Waals surface area contributed by atoms with Gasteiger partial charge >= 0.3 is 0 Å². The van der Waals surface area contributed by atoms with Crippen molar-refractivity contribution in [2.45, 2.75) is 69.6 Å².